The standard InChI is InChI=1S/C25H32N4O4/c1-16(14-32-6)27-21-11-17(9-10-26-21)13-28-23(31)29(22(30)25(28,4)5)18-7-8-19-20(12-18)33-15-24(19,2)3/h7-12,16H,13-15H2,1-6H3,(H,26,27)/t16-/m1/s1. The number of amides is 3. The van der Waals surface area contributed by atoms with Crippen LogP contribution in [0.15, 0.2) is 36.5 Å². The van der Waals surface area contributed by atoms with Crippen LogP contribution in [0.25, 0.3) is 0 Å². The van der Waals surface area contributed by atoms with Crippen LogP contribution in [0.5, 0.6) is 5.75 Å². The fraction of sp³-hybridized carbons (Fsp3) is 0.480. The summed E-state index contributed by atoms with van der Waals surface area (Å²) in [5.74, 6) is 1.17. The van der Waals surface area contributed by atoms with Crippen molar-refractivity contribution in [2.24, 2.45) is 0 Å². The summed E-state index contributed by atoms with van der Waals surface area (Å²) in [6, 6.07) is 9.08. The Kier molecular flexibility index (Phi) is 5.82. The minimum Gasteiger partial charge on any atom is -0.492 e. The predicted molar refractivity (Wildman–Crippen MR) is 127 cm³/mol. The van der Waals surface area contributed by atoms with Crippen LogP contribution in [0.4, 0.5) is 16.3 Å². The van der Waals surface area contributed by atoms with Gasteiger partial charge in [0.1, 0.15) is 17.1 Å². The minimum atomic E-state index is -0.990. The maximum atomic E-state index is 13.5. The maximum Gasteiger partial charge on any atom is 0.332 e. The number of urea groups is 1. The molecule has 176 valence electrons. The Bertz CT molecular complexity index is 1080. The smallest absolute Gasteiger partial charge is 0.332 e. The summed E-state index contributed by atoms with van der Waals surface area (Å²) in [5.41, 5.74) is 1.42. The molecule has 1 aromatic heterocycles. The number of aromatic nitrogens is 1. The lowest BCUT2D eigenvalue weighted by Gasteiger charge is -2.28. The number of hydrogen-bond acceptors (Lipinski definition) is 6. The molecule has 1 atom stereocenters. The van der Waals surface area contributed by atoms with Gasteiger partial charge in [0.25, 0.3) is 5.91 Å². The van der Waals surface area contributed by atoms with Crippen LogP contribution in [-0.4, -0.2) is 53.7 Å². The summed E-state index contributed by atoms with van der Waals surface area (Å²) < 4.78 is 11.0. The number of benzene rings is 1. The summed E-state index contributed by atoms with van der Waals surface area (Å²) in [5, 5.41) is 3.28. The van der Waals surface area contributed by atoms with Crippen LogP contribution < -0.4 is 15.0 Å². The molecule has 4 rings (SSSR count). The second-order valence-corrected chi connectivity index (χ2v) is 9.97. The van der Waals surface area contributed by atoms with E-state index in [9.17, 15) is 9.59 Å². The molecule has 0 bridgehead atoms. The van der Waals surface area contributed by atoms with Gasteiger partial charge in [0.05, 0.1) is 18.9 Å². The van der Waals surface area contributed by atoms with E-state index in [0.29, 0.717) is 31.3 Å². The van der Waals surface area contributed by atoms with Crippen molar-refractivity contribution in [3.63, 3.8) is 0 Å². The molecule has 3 heterocycles. The molecule has 0 unspecified atom stereocenters. The summed E-state index contributed by atoms with van der Waals surface area (Å²) in [6.07, 6.45) is 1.70. The number of carbonyl (C=O) groups is 2. The summed E-state index contributed by atoms with van der Waals surface area (Å²) in [7, 11) is 1.65. The fourth-order valence-electron chi connectivity index (χ4n) is 4.37. The third-order valence-corrected chi connectivity index (χ3v) is 6.34. The average molecular weight is 453 g/mol. The van der Waals surface area contributed by atoms with E-state index < -0.39 is 5.54 Å². The fourth-order valence-corrected chi connectivity index (χ4v) is 4.37. The van der Waals surface area contributed by atoms with Gasteiger partial charge in [-0.15, -0.1) is 0 Å². The Hall–Kier alpha value is -3.13. The monoisotopic (exact) mass is 452 g/mol. The van der Waals surface area contributed by atoms with E-state index in [2.05, 4.69) is 24.1 Å². The number of nitrogens with zero attached hydrogens (tertiary/aromatic N) is 3. The zero-order valence-corrected chi connectivity index (χ0v) is 20.1. The third kappa shape index (κ3) is 4.15. The van der Waals surface area contributed by atoms with E-state index in [1.807, 2.05) is 31.2 Å². The molecule has 3 amide bonds. The van der Waals surface area contributed by atoms with Crippen molar-refractivity contribution in [1.29, 1.82) is 0 Å². The summed E-state index contributed by atoms with van der Waals surface area (Å²) in [6.45, 7) is 11.2. The van der Waals surface area contributed by atoms with Crippen molar-refractivity contribution >= 4 is 23.4 Å². The second kappa shape index (κ2) is 8.33. The van der Waals surface area contributed by atoms with Gasteiger partial charge in [0.2, 0.25) is 0 Å². The van der Waals surface area contributed by atoms with Gasteiger partial charge in [-0.2, -0.15) is 0 Å². The van der Waals surface area contributed by atoms with Crippen molar-refractivity contribution in [3.05, 3.63) is 47.7 Å². The number of nitrogens with one attached hydrogen (secondary N) is 1. The first-order chi connectivity index (χ1) is 15.5. The number of pyridine rings is 1. The van der Waals surface area contributed by atoms with Gasteiger partial charge in [0.15, 0.2) is 0 Å². The molecule has 8 nitrogen and oxygen atoms in total. The van der Waals surface area contributed by atoms with Crippen LogP contribution in [0.3, 0.4) is 0 Å². The van der Waals surface area contributed by atoms with Gasteiger partial charge in [0, 0.05) is 42.9 Å². The molecular formula is C25H32N4O4. The molecule has 0 saturated carbocycles. The highest BCUT2D eigenvalue weighted by Crippen LogP contribution is 2.42. The number of carbonyl (C=O) groups excluding carboxylic acids is 2. The van der Waals surface area contributed by atoms with E-state index in [4.69, 9.17) is 9.47 Å². The van der Waals surface area contributed by atoms with E-state index >= 15 is 0 Å². The highest BCUT2D eigenvalue weighted by Gasteiger charge is 2.52. The highest BCUT2D eigenvalue weighted by molar-refractivity contribution is 6.23. The maximum absolute atomic E-state index is 13.5. The van der Waals surface area contributed by atoms with Crippen LogP contribution >= 0.6 is 0 Å². The Morgan fingerprint density at radius 1 is 1.18 bits per heavy atom. The first-order valence-corrected chi connectivity index (χ1v) is 11.2. The lowest BCUT2D eigenvalue weighted by atomic mass is 9.87. The van der Waals surface area contributed by atoms with E-state index in [1.165, 1.54) is 4.90 Å². The van der Waals surface area contributed by atoms with Crippen LogP contribution in [0.2, 0.25) is 0 Å². The quantitative estimate of drug-likeness (QED) is 0.641. The Morgan fingerprint density at radius 3 is 2.67 bits per heavy atom. The number of fused-ring (bicyclic) bond motifs is 1. The van der Waals surface area contributed by atoms with Gasteiger partial charge >= 0.3 is 6.03 Å². The SMILES string of the molecule is COC[C@@H](C)Nc1cc(CN2C(=O)N(c3ccc4c(c3)OCC4(C)C)C(=O)C2(C)C)ccn1. The van der Waals surface area contributed by atoms with Crippen molar-refractivity contribution in [3.8, 4) is 5.75 Å². The third-order valence-electron chi connectivity index (χ3n) is 6.34. The van der Waals surface area contributed by atoms with Gasteiger partial charge in [-0.05, 0) is 44.5 Å². The Morgan fingerprint density at radius 2 is 1.94 bits per heavy atom. The zero-order valence-electron chi connectivity index (χ0n) is 20.1. The Labute approximate surface area is 194 Å². The van der Waals surface area contributed by atoms with E-state index in [-0.39, 0.29) is 23.4 Å². The molecule has 1 N–H and O–H groups in total. The molecule has 2 aliphatic heterocycles. The van der Waals surface area contributed by atoms with Crippen molar-refractivity contribution in [2.45, 2.75) is 58.2 Å². The van der Waals surface area contributed by atoms with Crippen LogP contribution in [0, 0.1) is 0 Å². The average Bonchev–Trinajstić information content (AvgIpc) is 3.14. The Balaban J connectivity index is 1.58. The molecule has 2 aromatic rings. The van der Waals surface area contributed by atoms with Crippen LogP contribution in [-0.2, 0) is 21.5 Å². The summed E-state index contributed by atoms with van der Waals surface area (Å²) >= 11 is 0. The molecule has 1 saturated heterocycles. The number of rotatable bonds is 7. The number of imide groups is 1. The van der Waals surface area contributed by atoms with Gasteiger partial charge in [-0.25, -0.2) is 14.7 Å². The highest BCUT2D eigenvalue weighted by atomic mass is 16.5. The molecule has 0 spiro atoms. The van der Waals surface area contributed by atoms with Gasteiger partial charge < -0.3 is 19.7 Å². The first-order valence-electron chi connectivity index (χ1n) is 11.2. The molecule has 0 radical (unpaired) electrons. The van der Waals surface area contributed by atoms with Crippen LogP contribution in [0.1, 0.15) is 45.7 Å². The molecule has 2 aliphatic rings. The molecule has 1 aromatic carbocycles. The number of methoxy groups -OCH3 is 1. The van der Waals surface area contributed by atoms with Crippen molar-refractivity contribution in [1.82, 2.24) is 9.88 Å². The van der Waals surface area contributed by atoms with E-state index in [0.717, 1.165) is 16.9 Å². The predicted octanol–water partition coefficient (Wildman–Crippen LogP) is 3.95. The topological polar surface area (TPSA) is 84.0 Å². The largest absolute Gasteiger partial charge is 0.492 e. The number of hydrogen-bond donors (Lipinski definition) is 1. The minimum absolute atomic E-state index is 0.0895. The zero-order chi connectivity index (χ0) is 24.0. The second-order valence-electron chi connectivity index (χ2n) is 9.97. The molecule has 8 heteroatoms. The molecular weight excluding hydrogens is 420 g/mol. The lowest BCUT2D eigenvalue weighted by molar-refractivity contribution is -0.123. The van der Waals surface area contributed by atoms with Crippen molar-refractivity contribution < 1.29 is 19.1 Å². The normalized spacial score (nSPS) is 19.5. The van der Waals surface area contributed by atoms with Gasteiger partial charge in [-0.3, -0.25) is 4.79 Å². The number of ether oxygens (including phenoxy) is 2. The molecule has 1 fully saturated rings. The molecule has 33 heavy (non-hydrogen) atoms. The number of anilines is 2. The molecule has 0 aliphatic carbocycles. The lowest BCUT2D eigenvalue weighted by Crippen LogP contribution is -2.43. The van der Waals surface area contributed by atoms with Crippen molar-refractivity contribution in [2.75, 3.05) is 30.5 Å². The first kappa shape index (κ1) is 23.0. The van der Waals surface area contributed by atoms with E-state index in [1.54, 1.807) is 38.1 Å². The van der Waals surface area contributed by atoms with Gasteiger partial charge in [-0.1, -0.05) is 19.9 Å². The summed E-state index contributed by atoms with van der Waals surface area (Å²) in [4.78, 5) is 34.0.